The molecule has 3 aromatic rings. The average molecular weight is 320 g/mol. The molecule has 0 fully saturated rings. The van der Waals surface area contributed by atoms with Crippen LogP contribution in [-0.2, 0) is 19.6 Å². The van der Waals surface area contributed by atoms with E-state index in [2.05, 4.69) is 15.1 Å². The molecule has 0 amide bonds. The first-order chi connectivity index (χ1) is 11.7. The molecule has 118 valence electrons. The highest BCUT2D eigenvalue weighted by Crippen LogP contribution is 2.25. The van der Waals surface area contributed by atoms with E-state index in [9.17, 15) is 4.39 Å². The molecule has 0 radical (unpaired) electrons. The lowest BCUT2D eigenvalue weighted by Gasteiger charge is -2.16. The molecule has 24 heavy (non-hydrogen) atoms. The summed E-state index contributed by atoms with van der Waals surface area (Å²) >= 11 is 0. The van der Waals surface area contributed by atoms with Crippen molar-refractivity contribution in [3.05, 3.63) is 71.2 Å². The van der Waals surface area contributed by atoms with Gasteiger partial charge in [-0.3, -0.25) is 9.67 Å². The zero-order valence-electron chi connectivity index (χ0n) is 12.7. The van der Waals surface area contributed by atoms with Crippen molar-refractivity contribution in [2.75, 3.05) is 4.90 Å². The molecule has 6 nitrogen and oxygen atoms in total. The third-order valence-electron chi connectivity index (χ3n) is 3.94. The zero-order chi connectivity index (χ0) is 16.5. The lowest BCUT2D eigenvalue weighted by atomic mass is 10.2. The number of nitriles is 1. The van der Waals surface area contributed by atoms with E-state index in [4.69, 9.17) is 5.26 Å². The van der Waals surface area contributed by atoms with E-state index in [-0.39, 0.29) is 5.82 Å². The quantitative estimate of drug-likeness (QED) is 0.740. The highest BCUT2D eigenvalue weighted by atomic mass is 19.1. The summed E-state index contributed by atoms with van der Waals surface area (Å²) in [6.07, 6.45) is 5.10. The van der Waals surface area contributed by atoms with Gasteiger partial charge in [0.2, 0.25) is 0 Å². The molecule has 2 aromatic heterocycles. The lowest BCUT2D eigenvalue weighted by Crippen LogP contribution is -2.18. The minimum Gasteiger partial charge on any atom is -0.345 e. The van der Waals surface area contributed by atoms with Crippen molar-refractivity contribution in [3.8, 4) is 6.07 Å². The summed E-state index contributed by atoms with van der Waals surface area (Å²) in [6, 6.07) is 8.43. The zero-order valence-corrected chi connectivity index (χ0v) is 12.7. The minimum absolute atomic E-state index is 0.238. The molecule has 4 rings (SSSR count). The molecule has 1 aromatic carbocycles. The van der Waals surface area contributed by atoms with Crippen molar-refractivity contribution in [1.29, 1.82) is 5.26 Å². The van der Waals surface area contributed by atoms with Gasteiger partial charge in [0.15, 0.2) is 5.69 Å². The van der Waals surface area contributed by atoms with Gasteiger partial charge in [-0.15, -0.1) is 0 Å². The Bertz CT molecular complexity index is 901. The highest BCUT2D eigenvalue weighted by molar-refractivity contribution is 5.44. The van der Waals surface area contributed by atoms with E-state index >= 15 is 0 Å². The number of fused-ring (bicyclic) bond motifs is 1. The van der Waals surface area contributed by atoms with Gasteiger partial charge in [-0.2, -0.15) is 10.4 Å². The van der Waals surface area contributed by atoms with E-state index in [1.54, 1.807) is 18.3 Å². The van der Waals surface area contributed by atoms with Crippen LogP contribution in [0.3, 0.4) is 0 Å². The molecule has 0 saturated heterocycles. The largest absolute Gasteiger partial charge is 0.345 e. The predicted molar refractivity (Wildman–Crippen MR) is 84.4 cm³/mol. The summed E-state index contributed by atoms with van der Waals surface area (Å²) in [4.78, 5) is 10.3. The molecule has 7 heteroatoms. The van der Waals surface area contributed by atoms with Crippen molar-refractivity contribution in [3.63, 3.8) is 0 Å². The lowest BCUT2D eigenvalue weighted by molar-refractivity contribution is 0.623. The van der Waals surface area contributed by atoms with Crippen LogP contribution in [-0.4, -0.2) is 19.7 Å². The molecule has 0 atom stereocenters. The number of benzene rings is 1. The monoisotopic (exact) mass is 320 g/mol. The Hall–Kier alpha value is -3.27. The summed E-state index contributed by atoms with van der Waals surface area (Å²) in [5.74, 6) is 0.440. The summed E-state index contributed by atoms with van der Waals surface area (Å²) in [7, 11) is 0. The first kappa shape index (κ1) is 14.3. The van der Waals surface area contributed by atoms with Crippen LogP contribution in [0.5, 0.6) is 0 Å². The Morgan fingerprint density at radius 1 is 1.17 bits per heavy atom. The van der Waals surface area contributed by atoms with Crippen LogP contribution >= 0.6 is 0 Å². The smallest absolute Gasteiger partial charge is 0.161 e. The molecule has 1 aliphatic rings. The average Bonchev–Trinajstić information content (AvgIpc) is 3.15. The van der Waals surface area contributed by atoms with Gasteiger partial charge in [0.1, 0.15) is 17.7 Å². The SMILES string of the molecule is N#Cc1cncc(N2Cc3cn(Cc4ccc(F)cc4)nc3C2)n1. The van der Waals surface area contributed by atoms with Gasteiger partial charge in [0.25, 0.3) is 0 Å². The van der Waals surface area contributed by atoms with Crippen LogP contribution in [0.25, 0.3) is 0 Å². The molecule has 0 aliphatic carbocycles. The highest BCUT2D eigenvalue weighted by Gasteiger charge is 2.24. The second-order valence-corrected chi connectivity index (χ2v) is 5.66. The Balaban J connectivity index is 1.49. The van der Waals surface area contributed by atoms with E-state index in [0.29, 0.717) is 31.1 Å². The predicted octanol–water partition coefficient (Wildman–Crippen LogP) is 2.25. The number of rotatable bonds is 3. The third-order valence-corrected chi connectivity index (χ3v) is 3.94. The van der Waals surface area contributed by atoms with Crippen molar-refractivity contribution in [2.45, 2.75) is 19.6 Å². The summed E-state index contributed by atoms with van der Waals surface area (Å²) < 4.78 is 14.8. The van der Waals surface area contributed by atoms with Crippen LogP contribution in [0.1, 0.15) is 22.5 Å². The van der Waals surface area contributed by atoms with Crippen molar-refractivity contribution in [1.82, 2.24) is 19.7 Å². The van der Waals surface area contributed by atoms with Gasteiger partial charge in [-0.1, -0.05) is 12.1 Å². The Labute approximate surface area is 137 Å². The number of anilines is 1. The van der Waals surface area contributed by atoms with Gasteiger partial charge in [-0.05, 0) is 17.7 Å². The van der Waals surface area contributed by atoms with E-state index < -0.39 is 0 Å². The fourth-order valence-corrected chi connectivity index (χ4v) is 2.79. The maximum absolute atomic E-state index is 13.0. The second-order valence-electron chi connectivity index (χ2n) is 5.66. The molecular weight excluding hydrogens is 307 g/mol. The van der Waals surface area contributed by atoms with Gasteiger partial charge in [0.05, 0.1) is 31.2 Å². The van der Waals surface area contributed by atoms with Gasteiger partial charge in [-0.25, -0.2) is 9.37 Å². The van der Waals surface area contributed by atoms with Crippen LogP contribution in [0.15, 0.2) is 42.9 Å². The van der Waals surface area contributed by atoms with Gasteiger partial charge < -0.3 is 4.90 Å². The van der Waals surface area contributed by atoms with E-state index in [1.807, 2.05) is 21.8 Å². The maximum Gasteiger partial charge on any atom is 0.161 e. The molecular formula is C17H13FN6. The molecule has 1 aliphatic heterocycles. The fourth-order valence-electron chi connectivity index (χ4n) is 2.79. The number of hydrogen-bond donors (Lipinski definition) is 0. The number of nitrogens with zero attached hydrogens (tertiary/aromatic N) is 6. The number of aromatic nitrogens is 4. The molecule has 3 heterocycles. The Morgan fingerprint density at radius 3 is 2.75 bits per heavy atom. The molecule has 0 bridgehead atoms. The Kier molecular flexibility index (Phi) is 3.43. The Morgan fingerprint density at radius 2 is 2.00 bits per heavy atom. The van der Waals surface area contributed by atoms with Crippen LogP contribution in [0.4, 0.5) is 10.2 Å². The second kappa shape index (κ2) is 5.74. The first-order valence-corrected chi connectivity index (χ1v) is 7.48. The number of halogens is 1. The summed E-state index contributed by atoms with van der Waals surface area (Å²) in [6.45, 7) is 1.93. The fraction of sp³-hybridized carbons (Fsp3) is 0.176. The molecule has 0 spiro atoms. The van der Waals surface area contributed by atoms with Crippen molar-refractivity contribution in [2.24, 2.45) is 0 Å². The topological polar surface area (TPSA) is 70.6 Å². The minimum atomic E-state index is -0.238. The van der Waals surface area contributed by atoms with Crippen LogP contribution in [0, 0.1) is 17.1 Å². The first-order valence-electron chi connectivity index (χ1n) is 7.48. The summed E-state index contributed by atoms with van der Waals surface area (Å²) in [5, 5.41) is 13.5. The summed E-state index contributed by atoms with van der Waals surface area (Å²) in [5.41, 5.74) is 3.42. The molecule has 0 unspecified atom stereocenters. The van der Waals surface area contributed by atoms with Gasteiger partial charge >= 0.3 is 0 Å². The van der Waals surface area contributed by atoms with E-state index in [0.717, 1.165) is 16.8 Å². The third kappa shape index (κ3) is 2.70. The standard InChI is InChI=1S/C17H13FN6/c18-14-3-1-12(2-4-14)8-24-10-13-9-23(11-16(13)22-24)17-7-20-6-15(5-19)21-17/h1-4,6-7,10H,8-9,11H2. The molecule has 0 saturated carbocycles. The van der Waals surface area contributed by atoms with E-state index in [1.165, 1.54) is 18.3 Å². The van der Waals surface area contributed by atoms with Gasteiger partial charge in [0, 0.05) is 18.3 Å². The van der Waals surface area contributed by atoms with Crippen molar-refractivity contribution >= 4 is 5.82 Å². The normalized spacial score (nSPS) is 12.9. The van der Waals surface area contributed by atoms with Crippen LogP contribution in [0.2, 0.25) is 0 Å². The molecule has 0 N–H and O–H groups in total. The van der Waals surface area contributed by atoms with Crippen molar-refractivity contribution < 1.29 is 4.39 Å². The number of hydrogen-bond acceptors (Lipinski definition) is 5. The maximum atomic E-state index is 13.0. The van der Waals surface area contributed by atoms with Crippen LogP contribution < -0.4 is 4.90 Å².